The molecule has 0 saturated carbocycles. The zero-order valence-corrected chi connectivity index (χ0v) is 7.72. The molecule has 1 aliphatic heterocycles. The predicted octanol–water partition coefficient (Wildman–Crippen LogP) is 3.12. The van der Waals surface area contributed by atoms with Crippen molar-refractivity contribution in [1.29, 1.82) is 0 Å². The molecule has 1 nitrogen and oxygen atoms in total. The third kappa shape index (κ3) is 1.21. The number of halogens is 1. The first-order valence-corrected chi connectivity index (χ1v) is 4.80. The van der Waals surface area contributed by atoms with Gasteiger partial charge in [-0.1, -0.05) is 11.6 Å². The Labute approximate surface area is 75.1 Å². The van der Waals surface area contributed by atoms with Crippen LogP contribution in [0.2, 0.25) is 5.02 Å². The lowest BCUT2D eigenvalue weighted by molar-refractivity contribution is 1.36. The Hall–Kier alpha value is -0.340. The lowest BCUT2D eigenvalue weighted by Crippen LogP contribution is -1.88. The number of rotatable bonds is 0. The van der Waals surface area contributed by atoms with Crippen molar-refractivity contribution < 1.29 is 0 Å². The predicted molar refractivity (Wildman–Crippen MR) is 50.5 cm³/mol. The van der Waals surface area contributed by atoms with E-state index in [1.54, 1.807) is 0 Å². The standard InChI is InChI=1S/C8H8ClNS/c1-5-2-8-7(3-6(5)9)10-4-11-8/h2-3,10H,4H2,1H3. The number of benzene rings is 1. The van der Waals surface area contributed by atoms with Crippen LogP contribution in [0.3, 0.4) is 0 Å². The fraction of sp³-hybridized carbons (Fsp3) is 0.250. The van der Waals surface area contributed by atoms with Crippen LogP contribution in [0.5, 0.6) is 0 Å². The number of thioether (sulfide) groups is 1. The van der Waals surface area contributed by atoms with Crippen molar-refractivity contribution in [2.24, 2.45) is 0 Å². The van der Waals surface area contributed by atoms with Crippen molar-refractivity contribution in [2.45, 2.75) is 11.8 Å². The molecule has 0 aromatic heterocycles. The van der Waals surface area contributed by atoms with E-state index in [1.807, 2.05) is 24.8 Å². The number of nitrogens with one attached hydrogen (secondary N) is 1. The van der Waals surface area contributed by atoms with Crippen molar-refractivity contribution in [3.05, 3.63) is 22.7 Å². The third-order valence-corrected chi connectivity index (χ3v) is 3.10. The molecule has 1 aromatic carbocycles. The van der Waals surface area contributed by atoms with Gasteiger partial charge in [0.1, 0.15) is 0 Å². The van der Waals surface area contributed by atoms with Gasteiger partial charge < -0.3 is 5.32 Å². The van der Waals surface area contributed by atoms with Gasteiger partial charge in [0.25, 0.3) is 0 Å². The Morgan fingerprint density at radius 3 is 3.18 bits per heavy atom. The Morgan fingerprint density at radius 1 is 1.55 bits per heavy atom. The highest BCUT2D eigenvalue weighted by molar-refractivity contribution is 7.99. The minimum atomic E-state index is 0.846. The quantitative estimate of drug-likeness (QED) is 0.667. The molecular weight excluding hydrogens is 178 g/mol. The molecule has 11 heavy (non-hydrogen) atoms. The van der Waals surface area contributed by atoms with E-state index in [4.69, 9.17) is 11.6 Å². The zero-order valence-electron chi connectivity index (χ0n) is 6.15. The number of fused-ring (bicyclic) bond motifs is 1. The first-order chi connectivity index (χ1) is 5.27. The average Bonchev–Trinajstić information content (AvgIpc) is 2.36. The Bertz CT molecular complexity index is 269. The van der Waals surface area contributed by atoms with Gasteiger partial charge in [-0.2, -0.15) is 0 Å². The topological polar surface area (TPSA) is 12.0 Å². The fourth-order valence-electron chi connectivity index (χ4n) is 1.10. The summed E-state index contributed by atoms with van der Waals surface area (Å²) in [5.41, 5.74) is 2.33. The van der Waals surface area contributed by atoms with Crippen LogP contribution in [0.4, 0.5) is 5.69 Å². The highest BCUT2D eigenvalue weighted by Crippen LogP contribution is 2.36. The van der Waals surface area contributed by atoms with Gasteiger partial charge in [-0.3, -0.25) is 0 Å². The summed E-state index contributed by atoms with van der Waals surface area (Å²) >= 11 is 7.76. The second kappa shape index (κ2) is 2.61. The van der Waals surface area contributed by atoms with Gasteiger partial charge >= 0.3 is 0 Å². The van der Waals surface area contributed by atoms with Crippen molar-refractivity contribution in [1.82, 2.24) is 0 Å². The molecule has 1 aromatic rings. The number of anilines is 1. The normalized spacial score (nSPS) is 14.4. The molecule has 58 valence electrons. The van der Waals surface area contributed by atoms with Gasteiger partial charge in [0, 0.05) is 9.92 Å². The molecule has 0 spiro atoms. The molecule has 0 bridgehead atoms. The molecule has 3 heteroatoms. The van der Waals surface area contributed by atoms with Crippen LogP contribution in [0, 0.1) is 6.92 Å². The van der Waals surface area contributed by atoms with Gasteiger partial charge in [-0.15, -0.1) is 11.8 Å². The number of hydrogen-bond acceptors (Lipinski definition) is 2. The summed E-state index contributed by atoms with van der Waals surface area (Å²) in [6, 6.07) is 4.12. The van der Waals surface area contributed by atoms with E-state index >= 15 is 0 Å². The SMILES string of the molecule is Cc1cc2c(cc1Cl)NCS2. The molecular formula is C8H8ClNS. The van der Waals surface area contributed by atoms with Crippen molar-refractivity contribution in [2.75, 3.05) is 11.2 Å². The Balaban J connectivity index is 2.57. The Morgan fingerprint density at radius 2 is 2.36 bits per heavy atom. The summed E-state index contributed by atoms with van der Waals surface area (Å²) in [5.74, 6) is 0.967. The van der Waals surface area contributed by atoms with Crippen LogP contribution in [-0.2, 0) is 0 Å². The first-order valence-electron chi connectivity index (χ1n) is 3.44. The van der Waals surface area contributed by atoms with E-state index < -0.39 is 0 Å². The van der Waals surface area contributed by atoms with Gasteiger partial charge in [-0.05, 0) is 24.6 Å². The van der Waals surface area contributed by atoms with Crippen LogP contribution in [0.15, 0.2) is 17.0 Å². The first kappa shape index (κ1) is 7.32. The van der Waals surface area contributed by atoms with E-state index in [0.717, 1.165) is 16.5 Å². The zero-order chi connectivity index (χ0) is 7.84. The molecule has 0 amide bonds. The maximum atomic E-state index is 5.94. The summed E-state index contributed by atoms with van der Waals surface area (Å²) in [6.07, 6.45) is 0. The third-order valence-electron chi connectivity index (χ3n) is 1.75. The molecule has 0 unspecified atom stereocenters. The molecule has 1 aliphatic rings. The summed E-state index contributed by atoms with van der Waals surface area (Å²) in [4.78, 5) is 1.31. The van der Waals surface area contributed by atoms with Crippen molar-refractivity contribution >= 4 is 29.1 Å². The van der Waals surface area contributed by atoms with E-state index in [1.165, 1.54) is 10.6 Å². The van der Waals surface area contributed by atoms with Gasteiger partial charge in [0.2, 0.25) is 0 Å². The summed E-state index contributed by atoms with van der Waals surface area (Å²) < 4.78 is 0. The van der Waals surface area contributed by atoms with Crippen LogP contribution in [0.25, 0.3) is 0 Å². The summed E-state index contributed by atoms with van der Waals surface area (Å²) in [7, 11) is 0. The minimum absolute atomic E-state index is 0.846. The highest BCUT2D eigenvalue weighted by Gasteiger charge is 2.11. The molecule has 0 saturated heterocycles. The monoisotopic (exact) mass is 185 g/mol. The van der Waals surface area contributed by atoms with Gasteiger partial charge in [0.05, 0.1) is 11.6 Å². The highest BCUT2D eigenvalue weighted by atomic mass is 35.5. The molecule has 1 heterocycles. The van der Waals surface area contributed by atoms with Crippen LogP contribution >= 0.6 is 23.4 Å². The van der Waals surface area contributed by atoms with Gasteiger partial charge in [-0.25, -0.2) is 0 Å². The molecule has 0 radical (unpaired) electrons. The maximum absolute atomic E-state index is 5.94. The summed E-state index contributed by atoms with van der Waals surface area (Å²) in [5, 5.41) is 4.09. The second-order valence-corrected chi connectivity index (χ2v) is 3.99. The van der Waals surface area contributed by atoms with Crippen LogP contribution < -0.4 is 5.32 Å². The lowest BCUT2D eigenvalue weighted by atomic mass is 10.2. The molecule has 2 rings (SSSR count). The Kier molecular flexibility index (Phi) is 1.74. The molecule has 0 fully saturated rings. The number of aryl methyl sites for hydroxylation is 1. The number of hydrogen-bond donors (Lipinski definition) is 1. The second-order valence-electron chi connectivity index (χ2n) is 2.56. The van der Waals surface area contributed by atoms with Crippen LogP contribution in [-0.4, -0.2) is 5.88 Å². The van der Waals surface area contributed by atoms with E-state index in [0.29, 0.717) is 0 Å². The van der Waals surface area contributed by atoms with Gasteiger partial charge in [0.15, 0.2) is 0 Å². The van der Waals surface area contributed by atoms with Crippen molar-refractivity contribution in [3.8, 4) is 0 Å². The lowest BCUT2D eigenvalue weighted by Gasteiger charge is -2.01. The maximum Gasteiger partial charge on any atom is 0.0658 e. The molecule has 1 N–H and O–H groups in total. The smallest absolute Gasteiger partial charge is 0.0658 e. The van der Waals surface area contributed by atoms with E-state index in [2.05, 4.69) is 11.4 Å². The molecule has 0 aliphatic carbocycles. The van der Waals surface area contributed by atoms with E-state index in [-0.39, 0.29) is 0 Å². The summed E-state index contributed by atoms with van der Waals surface area (Å²) in [6.45, 7) is 2.03. The largest absolute Gasteiger partial charge is 0.375 e. The molecule has 0 atom stereocenters. The fourth-order valence-corrected chi connectivity index (χ4v) is 2.20. The average molecular weight is 186 g/mol. The minimum Gasteiger partial charge on any atom is -0.375 e. The van der Waals surface area contributed by atoms with Crippen LogP contribution in [0.1, 0.15) is 5.56 Å². The van der Waals surface area contributed by atoms with E-state index in [9.17, 15) is 0 Å². The van der Waals surface area contributed by atoms with Crippen molar-refractivity contribution in [3.63, 3.8) is 0 Å².